The van der Waals surface area contributed by atoms with Crippen LogP contribution in [0.3, 0.4) is 0 Å². The van der Waals surface area contributed by atoms with Crippen LogP contribution in [-0.4, -0.2) is 23.6 Å². The van der Waals surface area contributed by atoms with E-state index in [0.717, 1.165) is 12.8 Å². The van der Waals surface area contributed by atoms with Gasteiger partial charge in [-0.3, -0.25) is 4.90 Å². The molecule has 3 nitrogen and oxygen atoms in total. The molecule has 2 aliphatic rings. The van der Waals surface area contributed by atoms with Gasteiger partial charge in [0.05, 0.1) is 12.6 Å². The smallest absolute Gasteiger partial charge is 0.414 e. The summed E-state index contributed by atoms with van der Waals surface area (Å²) in [7, 11) is 0. The van der Waals surface area contributed by atoms with Crippen LogP contribution >= 0.6 is 0 Å². The number of nitrogens with zero attached hydrogens (tertiary/aromatic N) is 1. The Kier molecular flexibility index (Phi) is 2.75. The van der Waals surface area contributed by atoms with Crippen molar-refractivity contribution in [3.63, 3.8) is 0 Å². The van der Waals surface area contributed by atoms with Gasteiger partial charge in [0.2, 0.25) is 0 Å². The lowest BCUT2D eigenvalue weighted by Gasteiger charge is -2.09. The molecule has 1 atom stereocenters. The molecule has 14 heavy (non-hydrogen) atoms. The van der Waals surface area contributed by atoms with Crippen molar-refractivity contribution in [3.05, 3.63) is 11.8 Å². The third-order valence-electron chi connectivity index (χ3n) is 2.84. The van der Waals surface area contributed by atoms with E-state index in [0.29, 0.717) is 12.6 Å². The Morgan fingerprint density at radius 1 is 1.57 bits per heavy atom. The highest BCUT2D eigenvalue weighted by atomic mass is 16.6. The number of unbranched alkanes of at least 4 members (excludes halogenated alkanes) is 3. The number of fused-ring (bicyclic) bond motifs is 1. The van der Waals surface area contributed by atoms with Crippen molar-refractivity contribution in [2.75, 3.05) is 6.61 Å². The van der Waals surface area contributed by atoms with Crippen LogP contribution in [0.5, 0.6) is 0 Å². The maximum atomic E-state index is 11.2. The summed E-state index contributed by atoms with van der Waals surface area (Å²) in [4.78, 5) is 13.0. The number of carbonyl (C=O) groups is 1. The minimum atomic E-state index is -0.150. The molecule has 0 unspecified atom stereocenters. The van der Waals surface area contributed by atoms with Gasteiger partial charge < -0.3 is 4.74 Å². The molecule has 0 spiro atoms. The first-order valence-electron chi connectivity index (χ1n) is 5.50. The Hall–Kier alpha value is -0.990. The number of amides is 1. The zero-order valence-corrected chi connectivity index (χ0v) is 8.66. The summed E-state index contributed by atoms with van der Waals surface area (Å²) in [5.74, 6) is 0. The fraction of sp³-hybridized carbons (Fsp3) is 0.727. The van der Waals surface area contributed by atoms with E-state index in [1.54, 1.807) is 4.90 Å². The van der Waals surface area contributed by atoms with Gasteiger partial charge in [0.1, 0.15) is 0 Å². The van der Waals surface area contributed by atoms with Gasteiger partial charge >= 0.3 is 6.09 Å². The first-order chi connectivity index (χ1) is 6.84. The van der Waals surface area contributed by atoms with Crippen molar-refractivity contribution in [2.24, 2.45) is 0 Å². The molecule has 0 saturated carbocycles. The van der Waals surface area contributed by atoms with Crippen molar-refractivity contribution < 1.29 is 9.53 Å². The number of hydrogen-bond acceptors (Lipinski definition) is 2. The zero-order valence-electron chi connectivity index (χ0n) is 8.66. The third-order valence-corrected chi connectivity index (χ3v) is 2.84. The van der Waals surface area contributed by atoms with Crippen molar-refractivity contribution in [1.29, 1.82) is 0 Å². The predicted molar refractivity (Wildman–Crippen MR) is 53.8 cm³/mol. The second kappa shape index (κ2) is 4.03. The van der Waals surface area contributed by atoms with E-state index in [-0.39, 0.29) is 6.09 Å². The topological polar surface area (TPSA) is 29.3 Å². The minimum Gasteiger partial charge on any atom is -0.449 e. The van der Waals surface area contributed by atoms with E-state index in [9.17, 15) is 4.79 Å². The SMILES string of the molecule is CCCCCC=C1[C@H]2CCOC(=O)N12. The van der Waals surface area contributed by atoms with Crippen LogP contribution in [0.25, 0.3) is 0 Å². The molecule has 0 aromatic rings. The second-order valence-electron chi connectivity index (χ2n) is 3.91. The monoisotopic (exact) mass is 195 g/mol. The van der Waals surface area contributed by atoms with Crippen LogP contribution < -0.4 is 0 Å². The van der Waals surface area contributed by atoms with E-state index in [2.05, 4.69) is 13.0 Å². The summed E-state index contributed by atoms with van der Waals surface area (Å²) in [5, 5.41) is 0. The fourth-order valence-corrected chi connectivity index (χ4v) is 1.97. The van der Waals surface area contributed by atoms with Gasteiger partial charge in [-0.2, -0.15) is 0 Å². The molecule has 0 bridgehead atoms. The van der Waals surface area contributed by atoms with E-state index in [1.165, 1.54) is 25.0 Å². The summed E-state index contributed by atoms with van der Waals surface area (Å²) in [5.41, 5.74) is 1.20. The molecular weight excluding hydrogens is 178 g/mol. The molecular formula is C11H17NO2. The molecule has 2 aliphatic heterocycles. The Labute approximate surface area is 84.7 Å². The Morgan fingerprint density at radius 2 is 2.43 bits per heavy atom. The Bertz CT molecular complexity index is 260. The first-order valence-corrected chi connectivity index (χ1v) is 5.50. The molecule has 0 aromatic heterocycles. The van der Waals surface area contributed by atoms with E-state index < -0.39 is 0 Å². The molecule has 2 heterocycles. The Morgan fingerprint density at radius 3 is 3.14 bits per heavy atom. The summed E-state index contributed by atoms with van der Waals surface area (Å²) < 4.78 is 4.94. The number of allylic oxidation sites excluding steroid dienone is 1. The highest BCUT2D eigenvalue weighted by molar-refractivity contribution is 5.77. The second-order valence-corrected chi connectivity index (χ2v) is 3.91. The molecule has 3 heteroatoms. The predicted octanol–water partition coefficient (Wildman–Crippen LogP) is 2.68. The van der Waals surface area contributed by atoms with Crippen molar-refractivity contribution in [2.45, 2.75) is 45.1 Å². The third kappa shape index (κ3) is 1.76. The van der Waals surface area contributed by atoms with E-state index in [4.69, 9.17) is 4.74 Å². The van der Waals surface area contributed by atoms with Crippen LogP contribution in [0.1, 0.15) is 39.0 Å². The maximum absolute atomic E-state index is 11.2. The first kappa shape index (κ1) is 9.56. The standard InChI is InChI=1S/C11H17NO2/c1-2-3-4-5-6-9-10-7-8-14-11(13)12(9)10/h6,10H,2-5,7-8H2,1H3/t10-,12?/m1/s1. The molecule has 78 valence electrons. The molecule has 2 rings (SSSR count). The number of hydrogen-bond donors (Lipinski definition) is 0. The van der Waals surface area contributed by atoms with Gasteiger partial charge in [0, 0.05) is 12.1 Å². The average Bonchev–Trinajstić information content (AvgIpc) is 2.88. The van der Waals surface area contributed by atoms with Gasteiger partial charge in [0.15, 0.2) is 0 Å². The van der Waals surface area contributed by atoms with Gasteiger partial charge in [-0.25, -0.2) is 4.79 Å². The van der Waals surface area contributed by atoms with Crippen molar-refractivity contribution in [3.8, 4) is 0 Å². The lowest BCUT2D eigenvalue weighted by molar-refractivity contribution is 0.111. The molecule has 1 amide bonds. The molecule has 2 saturated heterocycles. The lowest BCUT2D eigenvalue weighted by Crippen LogP contribution is -2.22. The van der Waals surface area contributed by atoms with Crippen LogP contribution in [0.4, 0.5) is 4.79 Å². The summed E-state index contributed by atoms with van der Waals surface area (Å²) in [6.07, 6.45) is 7.89. The van der Waals surface area contributed by atoms with Crippen LogP contribution in [0.2, 0.25) is 0 Å². The molecule has 0 radical (unpaired) electrons. The molecule has 0 aromatic carbocycles. The summed E-state index contributed by atoms with van der Waals surface area (Å²) >= 11 is 0. The van der Waals surface area contributed by atoms with Gasteiger partial charge in [0.25, 0.3) is 0 Å². The molecule has 2 fully saturated rings. The van der Waals surface area contributed by atoms with Crippen LogP contribution in [-0.2, 0) is 4.74 Å². The average molecular weight is 195 g/mol. The van der Waals surface area contributed by atoms with Crippen molar-refractivity contribution in [1.82, 2.24) is 4.90 Å². The van der Waals surface area contributed by atoms with Crippen molar-refractivity contribution >= 4 is 6.09 Å². The summed E-state index contributed by atoms with van der Waals surface area (Å²) in [6.45, 7) is 2.79. The number of rotatable bonds is 4. The molecule has 0 N–H and O–H groups in total. The fourth-order valence-electron chi connectivity index (χ4n) is 1.97. The normalized spacial score (nSPS) is 27.5. The summed E-state index contributed by atoms with van der Waals surface area (Å²) in [6, 6.07) is 0.387. The van der Waals surface area contributed by atoms with Gasteiger partial charge in [-0.15, -0.1) is 0 Å². The maximum Gasteiger partial charge on any atom is 0.414 e. The minimum absolute atomic E-state index is 0.150. The van der Waals surface area contributed by atoms with Crippen LogP contribution in [0, 0.1) is 0 Å². The highest BCUT2D eigenvalue weighted by Gasteiger charge is 2.48. The Balaban J connectivity index is 1.80. The number of carbonyl (C=O) groups excluding carboxylic acids is 1. The van der Waals surface area contributed by atoms with Gasteiger partial charge in [-0.1, -0.05) is 25.8 Å². The van der Waals surface area contributed by atoms with Gasteiger partial charge in [-0.05, 0) is 12.8 Å². The van der Waals surface area contributed by atoms with Crippen LogP contribution in [0.15, 0.2) is 11.8 Å². The lowest BCUT2D eigenvalue weighted by atomic mass is 10.2. The highest BCUT2D eigenvalue weighted by Crippen LogP contribution is 2.39. The quantitative estimate of drug-likeness (QED) is 0.510. The van der Waals surface area contributed by atoms with E-state index in [1.807, 2.05) is 0 Å². The largest absolute Gasteiger partial charge is 0.449 e. The molecule has 0 aliphatic carbocycles. The van der Waals surface area contributed by atoms with E-state index >= 15 is 0 Å². The number of cyclic esters (lactones) is 1. The zero-order chi connectivity index (χ0) is 9.97. The number of ether oxygens (including phenoxy) is 1.